The summed E-state index contributed by atoms with van der Waals surface area (Å²) in [6.45, 7) is 0.924. The zero-order chi connectivity index (χ0) is 66.0. The Kier molecular flexibility index (Phi) is 17.3. The lowest BCUT2D eigenvalue weighted by atomic mass is 10.0. The van der Waals surface area contributed by atoms with Crippen LogP contribution in [0.1, 0.15) is 88.7 Å². The first-order valence-corrected chi connectivity index (χ1v) is 30.8. The maximum absolute atomic E-state index is 14.1. The van der Waals surface area contributed by atoms with Crippen molar-refractivity contribution in [1.29, 1.82) is 0 Å². The van der Waals surface area contributed by atoms with Crippen LogP contribution in [0.15, 0.2) is 158 Å². The molecule has 0 spiro atoms. The van der Waals surface area contributed by atoms with Gasteiger partial charge in [0.1, 0.15) is 12.4 Å². The molecule has 8 bridgehead atoms. The summed E-state index contributed by atoms with van der Waals surface area (Å²) in [6.07, 6.45) is 13.7. The number of ether oxygens (including phenoxy) is 2. The number of nitrogens with zero attached hydrogens (tertiary/aromatic N) is 6. The van der Waals surface area contributed by atoms with Gasteiger partial charge < -0.3 is 50.7 Å². The van der Waals surface area contributed by atoms with Crippen molar-refractivity contribution in [3.05, 3.63) is 225 Å². The van der Waals surface area contributed by atoms with Gasteiger partial charge in [-0.2, -0.15) is 5.10 Å². The van der Waals surface area contributed by atoms with E-state index < -0.39 is 35.7 Å². The number of benzene rings is 5. The van der Waals surface area contributed by atoms with Crippen LogP contribution in [0.5, 0.6) is 5.75 Å². The van der Waals surface area contributed by atoms with Gasteiger partial charge in [-0.3, -0.25) is 9.48 Å². The molecule has 0 saturated carbocycles. The van der Waals surface area contributed by atoms with Crippen LogP contribution in [0.2, 0.25) is 10.0 Å². The molecule has 20 nitrogen and oxygen atoms in total. The first-order chi connectivity index (χ1) is 46.0. The summed E-state index contributed by atoms with van der Waals surface area (Å²) in [4.78, 5) is 86.8. The van der Waals surface area contributed by atoms with Crippen LogP contribution in [-0.2, 0) is 11.2 Å². The second-order valence-corrected chi connectivity index (χ2v) is 23.3. The summed E-state index contributed by atoms with van der Waals surface area (Å²) in [5, 5.41) is 37.3. The second kappa shape index (κ2) is 26.5. The average Bonchev–Trinajstić information content (AvgIpc) is 1.67. The fraction of sp³-hybridized carbons (Fsp3) is 0.125. The van der Waals surface area contributed by atoms with Crippen molar-refractivity contribution in [3.8, 4) is 61.4 Å². The number of likely N-dealkylation sites (tertiary alicyclic amines) is 1. The molecule has 13 rings (SSSR count). The van der Waals surface area contributed by atoms with Crippen LogP contribution in [0, 0.1) is 5.82 Å². The molecule has 5 aromatic carbocycles. The molecule has 8 heterocycles. The molecule has 95 heavy (non-hydrogen) atoms. The topological polar surface area (TPSA) is 294 Å². The molecule has 474 valence electrons. The van der Waals surface area contributed by atoms with Gasteiger partial charge in [0, 0.05) is 97.9 Å². The number of aromatic carboxylic acids is 3. The standard InChI is InChI=1S/C72H55Cl2FN10O10/c73-51-17-18-52(75)66(74)50(51)29-33-94-61-35-47(36-78-67(61)76)48-37-79-85(38-48)49-27-31-84(32-28-49)72(93)95-34-30-77-68(86)43-9-1-39(2-10-43)62-53-19-21-55(80-53)63(40-3-11-44(12-4-40)69(87)88)57-23-25-59(82-57)65(42-7-15-46(16-8-42)71(91)92)60-26-24-58(83-60)64(56-22-20-54(62)81-56)41-5-13-45(14-6-41)70(89)90/h1-26,35-38,49,80,83H,27-34H2,(H2,76,78)(H,77,86)(H,87,88)(H,89,90)(H,91,92). The number of hydrogen-bond donors (Lipinski definition) is 7. The highest BCUT2D eigenvalue weighted by Crippen LogP contribution is 2.40. The number of nitrogens with two attached hydrogens (primary N) is 1. The number of carbonyl (C=O) groups is 5. The van der Waals surface area contributed by atoms with Crippen LogP contribution in [-0.4, -0.2) is 118 Å². The fourth-order valence-corrected chi connectivity index (χ4v) is 12.4. The highest BCUT2D eigenvalue weighted by molar-refractivity contribution is 6.36. The second-order valence-electron chi connectivity index (χ2n) is 22.6. The summed E-state index contributed by atoms with van der Waals surface area (Å²) < 4.78 is 27.5. The van der Waals surface area contributed by atoms with Gasteiger partial charge in [0.25, 0.3) is 5.91 Å². The zero-order valence-electron chi connectivity index (χ0n) is 50.1. The van der Waals surface area contributed by atoms with E-state index in [1.807, 2.05) is 71.6 Å². The minimum Gasteiger partial charge on any atom is -0.489 e. The summed E-state index contributed by atoms with van der Waals surface area (Å²) in [5.74, 6) is -3.70. The number of aromatic nitrogens is 7. The Hall–Kier alpha value is -11.7. The molecule has 0 radical (unpaired) electrons. The molecule has 0 atom stereocenters. The number of H-pyrrole nitrogens is 2. The zero-order valence-corrected chi connectivity index (χ0v) is 51.7. The largest absolute Gasteiger partial charge is 0.489 e. The van der Waals surface area contributed by atoms with Gasteiger partial charge in [-0.1, -0.05) is 71.7 Å². The van der Waals surface area contributed by atoms with Crippen LogP contribution >= 0.6 is 23.2 Å². The predicted octanol–water partition coefficient (Wildman–Crippen LogP) is 14.5. The Morgan fingerprint density at radius 1 is 0.579 bits per heavy atom. The van der Waals surface area contributed by atoms with Crippen molar-refractivity contribution < 1.29 is 53.2 Å². The van der Waals surface area contributed by atoms with Gasteiger partial charge in [0.05, 0.1) is 69.9 Å². The number of pyridine rings is 1. The van der Waals surface area contributed by atoms with E-state index in [4.69, 9.17) is 48.4 Å². The van der Waals surface area contributed by atoms with Crippen molar-refractivity contribution in [2.75, 3.05) is 38.6 Å². The van der Waals surface area contributed by atoms with E-state index in [1.165, 1.54) is 48.5 Å². The third kappa shape index (κ3) is 13.0. The van der Waals surface area contributed by atoms with Gasteiger partial charge in [-0.15, -0.1) is 0 Å². The van der Waals surface area contributed by atoms with Crippen molar-refractivity contribution in [1.82, 2.24) is 44.9 Å². The van der Waals surface area contributed by atoms with E-state index >= 15 is 0 Å². The van der Waals surface area contributed by atoms with E-state index in [-0.39, 0.29) is 59.8 Å². The number of fused-ring (bicyclic) bond motifs is 8. The molecule has 2 amide bonds. The summed E-state index contributed by atoms with van der Waals surface area (Å²) in [5.41, 5.74) is 18.6. The summed E-state index contributed by atoms with van der Waals surface area (Å²) in [6, 6.07) is 38.5. The molecule has 1 fully saturated rings. The Bertz CT molecular complexity index is 4910. The van der Waals surface area contributed by atoms with Crippen molar-refractivity contribution in [2.24, 2.45) is 0 Å². The van der Waals surface area contributed by atoms with Crippen LogP contribution in [0.4, 0.5) is 15.0 Å². The molecule has 5 aromatic heterocycles. The average molecular weight is 1310 g/mol. The lowest BCUT2D eigenvalue weighted by Gasteiger charge is -2.31. The monoisotopic (exact) mass is 1310 g/mol. The number of piperidine rings is 1. The van der Waals surface area contributed by atoms with Crippen LogP contribution in [0.25, 0.3) is 102 Å². The molecule has 3 aliphatic rings. The Balaban J connectivity index is 0.738. The lowest BCUT2D eigenvalue weighted by Crippen LogP contribution is -2.40. The molecular formula is C72H55Cl2FN10O10. The van der Waals surface area contributed by atoms with Crippen LogP contribution in [0.3, 0.4) is 0 Å². The van der Waals surface area contributed by atoms with E-state index in [1.54, 1.807) is 71.9 Å². The normalized spacial score (nSPS) is 12.8. The number of carboxylic acids is 3. The number of rotatable bonds is 17. The third-order valence-corrected chi connectivity index (χ3v) is 17.5. The number of carbonyl (C=O) groups excluding carboxylic acids is 2. The van der Waals surface area contributed by atoms with Gasteiger partial charge in [0.15, 0.2) is 11.6 Å². The van der Waals surface area contributed by atoms with Crippen molar-refractivity contribution in [2.45, 2.75) is 25.3 Å². The van der Waals surface area contributed by atoms with E-state index in [2.05, 4.69) is 25.4 Å². The van der Waals surface area contributed by atoms with Crippen molar-refractivity contribution in [3.63, 3.8) is 0 Å². The fourth-order valence-electron chi connectivity index (χ4n) is 11.8. The Morgan fingerprint density at radius 3 is 1.48 bits per heavy atom. The van der Waals surface area contributed by atoms with Crippen molar-refractivity contribution >= 4 is 105 Å². The SMILES string of the molecule is Nc1ncc(-c2cnn(C3CCN(C(=O)OCCNC(=O)c4ccc(-c5c6nc(c(-c7ccc(C(=O)O)cc7)c7ccc([nH]7)c(-c7ccc(C(=O)O)cc7)c7nc(c(-c8ccc(C(=O)O)cc8)c8ccc5[nH]8)C=C7)C=C6)cc4)CC3)c2)cc1OCCc1c(Cl)ccc(F)c1Cl. The maximum Gasteiger partial charge on any atom is 0.409 e. The minimum absolute atomic E-state index is 0.000320. The van der Waals surface area contributed by atoms with E-state index in [9.17, 15) is 43.7 Å². The van der Waals surface area contributed by atoms with Gasteiger partial charge >= 0.3 is 24.0 Å². The molecule has 23 heteroatoms. The lowest BCUT2D eigenvalue weighted by molar-refractivity contribution is 0.0686. The Morgan fingerprint density at radius 2 is 1.03 bits per heavy atom. The molecule has 10 aromatic rings. The first-order valence-electron chi connectivity index (χ1n) is 30.0. The number of carboxylic acid groups (broad SMARTS) is 3. The van der Waals surface area contributed by atoms with E-state index in [0.29, 0.717) is 143 Å². The molecule has 0 unspecified atom stereocenters. The van der Waals surface area contributed by atoms with E-state index in [0.717, 1.165) is 5.56 Å². The number of nitrogens with one attached hydrogen (secondary N) is 3. The maximum atomic E-state index is 14.1. The van der Waals surface area contributed by atoms with Gasteiger partial charge in [-0.25, -0.2) is 38.5 Å². The molecule has 1 saturated heterocycles. The molecular weight excluding hydrogens is 1250 g/mol. The number of aromatic amines is 2. The third-order valence-electron chi connectivity index (χ3n) is 16.7. The van der Waals surface area contributed by atoms with Gasteiger partial charge in [0.2, 0.25) is 0 Å². The number of anilines is 1. The number of nitrogen functional groups attached to an aromatic ring is 1. The number of amides is 2. The summed E-state index contributed by atoms with van der Waals surface area (Å²) in [7, 11) is 0. The predicted molar refractivity (Wildman–Crippen MR) is 360 cm³/mol. The molecule has 8 N–H and O–H groups in total. The number of halogens is 3. The smallest absolute Gasteiger partial charge is 0.409 e. The quantitative estimate of drug-likeness (QED) is 0.0329. The highest BCUT2D eigenvalue weighted by Gasteiger charge is 2.27. The first kappa shape index (κ1) is 62.1. The summed E-state index contributed by atoms with van der Waals surface area (Å²) >= 11 is 12.4. The molecule has 0 aliphatic carbocycles. The van der Waals surface area contributed by atoms with Crippen LogP contribution < -0.4 is 15.8 Å². The van der Waals surface area contributed by atoms with Gasteiger partial charge in [-0.05, 0) is 156 Å². The highest BCUT2D eigenvalue weighted by atomic mass is 35.5. The number of hydrogen-bond acceptors (Lipinski definition) is 12. The molecule has 3 aliphatic heterocycles. The minimum atomic E-state index is -1.08. The Labute approximate surface area is 550 Å².